The van der Waals surface area contributed by atoms with E-state index in [4.69, 9.17) is 5.73 Å². The van der Waals surface area contributed by atoms with Gasteiger partial charge in [-0.05, 0) is 73.6 Å². The number of rotatable bonds is 8. The molecule has 0 bridgehead atoms. The Morgan fingerprint density at radius 1 is 1.18 bits per heavy atom. The van der Waals surface area contributed by atoms with Crippen molar-refractivity contribution in [2.75, 3.05) is 6.54 Å². The average molecular weight is 300 g/mol. The Labute approximate surface area is 137 Å². The van der Waals surface area contributed by atoms with Crippen LogP contribution < -0.4 is 5.73 Å². The number of unbranched alkanes of at least 4 members (excludes halogenated alkanes) is 1. The topological polar surface area (TPSA) is 26.0 Å². The normalized spacial score (nSPS) is 19.3. The molecule has 1 aromatic carbocycles. The van der Waals surface area contributed by atoms with E-state index < -0.39 is 0 Å². The molecule has 2 atom stereocenters. The van der Waals surface area contributed by atoms with Crippen LogP contribution in [0.5, 0.6) is 0 Å². The Morgan fingerprint density at radius 3 is 2.77 bits per heavy atom. The van der Waals surface area contributed by atoms with Gasteiger partial charge < -0.3 is 5.73 Å². The van der Waals surface area contributed by atoms with E-state index in [0.29, 0.717) is 5.92 Å². The second-order valence-corrected chi connectivity index (χ2v) is 6.85. The molecule has 2 N–H and O–H groups in total. The molecule has 122 valence electrons. The molecule has 0 amide bonds. The van der Waals surface area contributed by atoms with Gasteiger partial charge in [-0.25, -0.2) is 0 Å². The van der Waals surface area contributed by atoms with E-state index in [-0.39, 0.29) is 0 Å². The molecule has 1 nitrogen and oxygen atoms in total. The molecular formula is C21H33N. The van der Waals surface area contributed by atoms with E-state index in [1.165, 1.54) is 56.9 Å². The molecule has 1 aliphatic rings. The van der Waals surface area contributed by atoms with Crippen LogP contribution in [0.15, 0.2) is 30.4 Å². The first kappa shape index (κ1) is 17.3. The van der Waals surface area contributed by atoms with Crippen LogP contribution in [0.1, 0.15) is 75.0 Å². The summed E-state index contributed by atoms with van der Waals surface area (Å²) < 4.78 is 0. The Bertz CT molecular complexity index is 475. The van der Waals surface area contributed by atoms with Crippen molar-refractivity contribution >= 4 is 0 Å². The summed E-state index contributed by atoms with van der Waals surface area (Å²) in [6.07, 6.45) is 14.8. The van der Waals surface area contributed by atoms with Crippen LogP contribution in [0.25, 0.3) is 0 Å². The maximum Gasteiger partial charge on any atom is -0.000824 e. The van der Waals surface area contributed by atoms with Crippen molar-refractivity contribution in [3.63, 3.8) is 0 Å². The number of allylic oxidation sites excluding steroid dienone is 2. The van der Waals surface area contributed by atoms with Gasteiger partial charge in [-0.1, -0.05) is 57.0 Å². The van der Waals surface area contributed by atoms with Gasteiger partial charge in [0.25, 0.3) is 0 Å². The Morgan fingerprint density at radius 2 is 2.05 bits per heavy atom. The molecule has 1 aromatic rings. The van der Waals surface area contributed by atoms with E-state index in [1.807, 2.05) is 0 Å². The van der Waals surface area contributed by atoms with Crippen molar-refractivity contribution < 1.29 is 0 Å². The molecule has 1 heteroatoms. The predicted octanol–water partition coefficient (Wildman–Crippen LogP) is 5.38. The molecule has 1 aliphatic carbocycles. The third kappa shape index (κ3) is 4.71. The van der Waals surface area contributed by atoms with Gasteiger partial charge in [0, 0.05) is 0 Å². The summed E-state index contributed by atoms with van der Waals surface area (Å²) in [5, 5.41) is 0. The van der Waals surface area contributed by atoms with Crippen molar-refractivity contribution in [2.45, 2.75) is 71.1 Å². The molecule has 0 aromatic heterocycles. The highest BCUT2D eigenvalue weighted by atomic mass is 14.5. The first-order chi connectivity index (χ1) is 10.8. The zero-order valence-corrected chi connectivity index (χ0v) is 14.5. The van der Waals surface area contributed by atoms with E-state index in [1.54, 1.807) is 11.1 Å². The Balaban J connectivity index is 1.99. The highest BCUT2D eigenvalue weighted by Crippen LogP contribution is 2.31. The van der Waals surface area contributed by atoms with E-state index in [2.05, 4.69) is 44.2 Å². The Hall–Kier alpha value is -1.08. The zero-order valence-electron chi connectivity index (χ0n) is 14.5. The lowest BCUT2D eigenvalue weighted by Gasteiger charge is -2.25. The Kier molecular flexibility index (Phi) is 7.18. The number of hydrogen-bond acceptors (Lipinski definition) is 1. The van der Waals surface area contributed by atoms with Crippen molar-refractivity contribution in [1.29, 1.82) is 0 Å². The fourth-order valence-electron chi connectivity index (χ4n) is 3.65. The lowest BCUT2D eigenvalue weighted by molar-refractivity contribution is 0.462. The minimum absolute atomic E-state index is 0.546. The first-order valence-corrected chi connectivity index (χ1v) is 9.25. The summed E-state index contributed by atoms with van der Waals surface area (Å²) in [6.45, 7) is 5.27. The second kappa shape index (κ2) is 9.15. The molecule has 0 saturated heterocycles. The third-order valence-corrected chi connectivity index (χ3v) is 5.05. The van der Waals surface area contributed by atoms with Gasteiger partial charge >= 0.3 is 0 Å². The van der Waals surface area contributed by atoms with Gasteiger partial charge in [0.1, 0.15) is 0 Å². The minimum Gasteiger partial charge on any atom is -0.330 e. The van der Waals surface area contributed by atoms with Crippen LogP contribution in [0.2, 0.25) is 0 Å². The monoisotopic (exact) mass is 299 g/mol. The molecule has 0 spiro atoms. The van der Waals surface area contributed by atoms with Gasteiger partial charge in [-0.3, -0.25) is 0 Å². The number of fused-ring (bicyclic) bond motifs is 1. The van der Waals surface area contributed by atoms with Crippen LogP contribution in [-0.2, 0) is 12.8 Å². The van der Waals surface area contributed by atoms with Crippen molar-refractivity contribution in [2.24, 2.45) is 11.7 Å². The van der Waals surface area contributed by atoms with Gasteiger partial charge in [0.15, 0.2) is 0 Å². The average Bonchev–Trinajstić information content (AvgIpc) is 2.56. The van der Waals surface area contributed by atoms with Gasteiger partial charge in [0.2, 0.25) is 0 Å². The van der Waals surface area contributed by atoms with Gasteiger partial charge in [-0.2, -0.15) is 0 Å². The molecule has 0 saturated carbocycles. The van der Waals surface area contributed by atoms with E-state index >= 15 is 0 Å². The summed E-state index contributed by atoms with van der Waals surface area (Å²) in [5.41, 5.74) is 10.6. The highest BCUT2D eigenvalue weighted by Gasteiger charge is 2.19. The summed E-state index contributed by atoms with van der Waals surface area (Å²) in [5.74, 6) is 1.39. The summed E-state index contributed by atoms with van der Waals surface area (Å²) >= 11 is 0. The molecule has 22 heavy (non-hydrogen) atoms. The smallest absolute Gasteiger partial charge is 0.000824 e. The molecule has 0 aliphatic heterocycles. The second-order valence-electron chi connectivity index (χ2n) is 6.85. The predicted molar refractivity (Wildman–Crippen MR) is 97.3 cm³/mol. The van der Waals surface area contributed by atoms with Crippen LogP contribution in [0.4, 0.5) is 0 Å². The van der Waals surface area contributed by atoms with E-state index in [9.17, 15) is 0 Å². The van der Waals surface area contributed by atoms with Crippen LogP contribution >= 0.6 is 0 Å². The van der Waals surface area contributed by atoms with Gasteiger partial charge in [-0.15, -0.1) is 0 Å². The lowest BCUT2D eigenvalue weighted by atomic mass is 9.80. The van der Waals surface area contributed by atoms with Crippen LogP contribution in [0, 0.1) is 5.92 Å². The quantitative estimate of drug-likeness (QED) is 0.641. The largest absolute Gasteiger partial charge is 0.330 e. The number of benzene rings is 1. The minimum atomic E-state index is 0.546. The van der Waals surface area contributed by atoms with Crippen LogP contribution in [0.3, 0.4) is 0 Å². The molecule has 0 radical (unpaired) electrons. The fraction of sp³-hybridized carbons (Fsp3) is 0.619. The van der Waals surface area contributed by atoms with Crippen molar-refractivity contribution in [1.82, 2.24) is 0 Å². The summed E-state index contributed by atoms with van der Waals surface area (Å²) in [4.78, 5) is 0. The van der Waals surface area contributed by atoms with E-state index in [0.717, 1.165) is 12.5 Å². The van der Waals surface area contributed by atoms with Crippen molar-refractivity contribution in [3.05, 3.63) is 47.0 Å². The molecule has 0 heterocycles. The van der Waals surface area contributed by atoms with Crippen LogP contribution in [-0.4, -0.2) is 6.54 Å². The maximum absolute atomic E-state index is 5.96. The third-order valence-electron chi connectivity index (χ3n) is 5.05. The number of nitrogens with two attached hydrogens (primary N) is 1. The maximum atomic E-state index is 5.96. The fourth-order valence-corrected chi connectivity index (χ4v) is 3.65. The molecular weight excluding hydrogens is 266 g/mol. The lowest BCUT2D eigenvalue weighted by Crippen LogP contribution is -2.16. The molecule has 0 fully saturated rings. The standard InChI is InChI=1S/C21H33N/c1-3-5-6-7-9-17-10-11-19-15-20(13-12-18(19)14-17)21(16-22)8-4-2/h6-7,12-13,15,17,21H,3-5,8-11,14,16,22H2,1-2H3/b7-6-/t17-,21?/m1/s1. The first-order valence-electron chi connectivity index (χ1n) is 9.25. The molecule has 1 unspecified atom stereocenters. The highest BCUT2D eigenvalue weighted by molar-refractivity contribution is 5.36. The van der Waals surface area contributed by atoms with Crippen molar-refractivity contribution in [3.8, 4) is 0 Å². The number of aryl methyl sites for hydroxylation is 1. The van der Waals surface area contributed by atoms with Gasteiger partial charge in [0.05, 0.1) is 0 Å². The number of hydrogen-bond donors (Lipinski definition) is 1. The SMILES string of the molecule is CCC/C=C\C[C@@H]1CCc2cc(C(CN)CCC)ccc2C1. The zero-order chi connectivity index (χ0) is 15.8. The summed E-state index contributed by atoms with van der Waals surface area (Å²) in [6, 6.07) is 7.16. The molecule has 2 rings (SSSR count). The summed E-state index contributed by atoms with van der Waals surface area (Å²) in [7, 11) is 0.